The van der Waals surface area contributed by atoms with Gasteiger partial charge in [-0.3, -0.25) is 14.8 Å². The number of halogens is 1. The quantitative estimate of drug-likeness (QED) is 0.434. The minimum Gasteiger partial charge on any atom is -0.507 e. The van der Waals surface area contributed by atoms with Gasteiger partial charge in [0.15, 0.2) is 5.82 Å². The number of benzene rings is 2. The predicted octanol–water partition coefficient (Wildman–Crippen LogP) is 1.84. The van der Waals surface area contributed by atoms with Gasteiger partial charge in [-0.15, -0.1) is 0 Å². The zero-order valence-electron chi connectivity index (χ0n) is 16.7. The zero-order chi connectivity index (χ0) is 22.8. The number of para-hydroxylation sites is 1. The van der Waals surface area contributed by atoms with E-state index in [4.69, 9.17) is 0 Å². The molecule has 0 radical (unpaired) electrons. The van der Waals surface area contributed by atoms with E-state index in [-0.39, 0.29) is 29.2 Å². The molecular weight excluding hydrogens is 419 g/mol. The maximum atomic E-state index is 14.3. The topological polar surface area (TPSA) is 137 Å². The Kier molecular flexibility index (Phi) is 5.37. The van der Waals surface area contributed by atoms with Crippen molar-refractivity contribution in [1.82, 2.24) is 29.6 Å². The monoisotopic (exact) mass is 436 g/mol. The van der Waals surface area contributed by atoms with Gasteiger partial charge in [0.25, 0.3) is 5.91 Å². The third-order valence-corrected chi connectivity index (χ3v) is 4.71. The smallest absolute Gasteiger partial charge is 0.348 e. The van der Waals surface area contributed by atoms with Crippen LogP contribution < -0.4 is 5.69 Å². The molecule has 162 valence electrons. The summed E-state index contributed by atoms with van der Waals surface area (Å²) in [5, 5.41) is 26.8. The predicted molar refractivity (Wildman–Crippen MR) is 111 cm³/mol. The minimum atomic E-state index is -0.745. The molecule has 0 fully saturated rings. The summed E-state index contributed by atoms with van der Waals surface area (Å²) in [5.41, 5.74) is -0.519. The van der Waals surface area contributed by atoms with Crippen molar-refractivity contribution in [2.75, 3.05) is 7.05 Å². The highest BCUT2D eigenvalue weighted by Gasteiger charge is 2.24. The largest absolute Gasteiger partial charge is 0.507 e. The van der Waals surface area contributed by atoms with Gasteiger partial charge in [-0.25, -0.2) is 18.9 Å². The van der Waals surface area contributed by atoms with Gasteiger partial charge < -0.3 is 15.1 Å². The SMILES string of the molecule is CN(Cc1cnccn1)C(=O)c1cc(-c2n[nH]c(=O)n2-c2ccccc2F)c(O)cc1O. The molecule has 0 aliphatic heterocycles. The highest BCUT2D eigenvalue weighted by Crippen LogP contribution is 2.35. The van der Waals surface area contributed by atoms with Crippen molar-refractivity contribution < 1.29 is 19.4 Å². The van der Waals surface area contributed by atoms with E-state index in [1.807, 2.05) is 0 Å². The molecule has 4 aromatic rings. The van der Waals surface area contributed by atoms with Crippen molar-refractivity contribution in [2.24, 2.45) is 0 Å². The summed E-state index contributed by atoms with van der Waals surface area (Å²) in [7, 11) is 1.51. The molecule has 0 aliphatic rings. The average molecular weight is 436 g/mol. The number of aromatic hydroxyl groups is 2. The van der Waals surface area contributed by atoms with Crippen LogP contribution in [0.1, 0.15) is 16.1 Å². The number of carbonyl (C=O) groups excluding carboxylic acids is 1. The first-order valence-electron chi connectivity index (χ1n) is 9.36. The van der Waals surface area contributed by atoms with E-state index in [9.17, 15) is 24.2 Å². The van der Waals surface area contributed by atoms with E-state index in [0.717, 1.165) is 10.6 Å². The Morgan fingerprint density at radius 2 is 1.97 bits per heavy atom. The number of H-pyrrole nitrogens is 1. The van der Waals surface area contributed by atoms with Crippen LogP contribution in [0.15, 0.2) is 59.8 Å². The number of nitrogens with zero attached hydrogens (tertiary/aromatic N) is 5. The van der Waals surface area contributed by atoms with Crippen LogP contribution in [0.5, 0.6) is 11.5 Å². The van der Waals surface area contributed by atoms with Crippen LogP contribution in [-0.4, -0.2) is 52.8 Å². The van der Waals surface area contributed by atoms with Crippen LogP contribution >= 0.6 is 0 Å². The summed E-state index contributed by atoms with van der Waals surface area (Å²) in [6.07, 6.45) is 4.49. The second-order valence-corrected chi connectivity index (χ2v) is 6.88. The van der Waals surface area contributed by atoms with Crippen LogP contribution in [0.25, 0.3) is 17.1 Å². The van der Waals surface area contributed by atoms with Crippen LogP contribution in [0, 0.1) is 5.82 Å². The molecule has 2 aromatic carbocycles. The maximum Gasteiger partial charge on any atom is 0.348 e. The van der Waals surface area contributed by atoms with Crippen LogP contribution in [0.3, 0.4) is 0 Å². The molecule has 0 atom stereocenters. The molecule has 0 unspecified atom stereocenters. The lowest BCUT2D eigenvalue weighted by atomic mass is 10.1. The molecule has 0 saturated heterocycles. The van der Waals surface area contributed by atoms with Crippen molar-refractivity contribution in [3.05, 3.63) is 82.5 Å². The maximum absolute atomic E-state index is 14.3. The summed E-state index contributed by atoms with van der Waals surface area (Å²) in [5.74, 6) is -2.33. The van der Waals surface area contributed by atoms with Gasteiger partial charge in [-0.2, -0.15) is 5.10 Å². The third-order valence-electron chi connectivity index (χ3n) is 4.71. The van der Waals surface area contributed by atoms with Crippen molar-refractivity contribution in [2.45, 2.75) is 6.54 Å². The molecule has 0 aliphatic carbocycles. The molecule has 0 saturated carbocycles. The fourth-order valence-corrected chi connectivity index (χ4v) is 3.19. The van der Waals surface area contributed by atoms with E-state index in [0.29, 0.717) is 5.69 Å². The Hall–Kier alpha value is -4.54. The van der Waals surface area contributed by atoms with E-state index in [1.54, 1.807) is 0 Å². The lowest BCUT2D eigenvalue weighted by molar-refractivity contribution is 0.0780. The number of aromatic nitrogens is 5. The molecule has 0 spiro atoms. The number of carbonyl (C=O) groups is 1. The lowest BCUT2D eigenvalue weighted by Gasteiger charge is -2.18. The third kappa shape index (κ3) is 3.78. The van der Waals surface area contributed by atoms with Gasteiger partial charge in [0.2, 0.25) is 0 Å². The fraction of sp³-hybridized carbons (Fsp3) is 0.0952. The second-order valence-electron chi connectivity index (χ2n) is 6.88. The Labute approximate surface area is 180 Å². The summed E-state index contributed by atoms with van der Waals surface area (Å²) < 4.78 is 15.3. The number of hydrogen-bond acceptors (Lipinski definition) is 7. The standard InChI is InChI=1S/C21H17FN6O4/c1-27(11-12-10-23-6-7-24-12)20(31)14-8-13(17(29)9-18(14)30)19-25-26-21(32)28(19)16-5-3-2-4-15(16)22/h2-10,29-30H,11H2,1H3,(H,26,32). The van der Waals surface area contributed by atoms with Crippen molar-refractivity contribution in [3.8, 4) is 28.6 Å². The van der Waals surface area contributed by atoms with Gasteiger partial charge in [0.05, 0.1) is 35.2 Å². The van der Waals surface area contributed by atoms with Gasteiger partial charge in [0.1, 0.15) is 17.3 Å². The minimum absolute atomic E-state index is 0.0549. The molecule has 2 heterocycles. The number of aromatic amines is 1. The Bertz CT molecular complexity index is 1350. The van der Waals surface area contributed by atoms with Crippen LogP contribution in [0.4, 0.5) is 4.39 Å². The number of nitrogens with one attached hydrogen (secondary N) is 1. The molecule has 2 aromatic heterocycles. The first-order valence-corrected chi connectivity index (χ1v) is 9.36. The molecule has 11 heteroatoms. The first kappa shape index (κ1) is 20.7. The molecule has 0 bridgehead atoms. The number of phenols is 2. The zero-order valence-corrected chi connectivity index (χ0v) is 16.7. The summed E-state index contributed by atoms with van der Waals surface area (Å²) in [6.45, 7) is 0.116. The fourth-order valence-electron chi connectivity index (χ4n) is 3.19. The first-order chi connectivity index (χ1) is 15.4. The molecular formula is C21H17FN6O4. The van der Waals surface area contributed by atoms with Crippen molar-refractivity contribution in [1.29, 1.82) is 0 Å². The lowest BCUT2D eigenvalue weighted by Crippen LogP contribution is -2.26. The second kappa shape index (κ2) is 8.30. The van der Waals surface area contributed by atoms with Gasteiger partial charge in [-0.05, 0) is 18.2 Å². The number of amides is 1. The van der Waals surface area contributed by atoms with E-state index in [1.165, 1.54) is 60.9 Å². The Morgan fingerprint density at radius 3 is 2.69 bits per heavy atom. The van der Waals surface area contributed by atoms with E-state index >= 15 is 0 Å². The van der Waals surface area contributed by atoms with E-state index < -0.39 is 28.9 Å². The summed E-state index contributed by atoms with van der Waals surface area (Å²) in [6, 6.07) is 7.69. The normalized spacial score (nSPS) is 10.8. The highest BCUT2D eigenvalue weighted by atomic mass is 19.1. The van der Waals surface area contributed by atoms with Gasteiger partial charge in [0, 0.05) is 25.5 Å². The molecule has 32 heavy (non-hydrogen) atoms. The Balaban J connectivity index is 1.77. The highest BCUT2D eigenvalue weighted by molar-refractivity contribution is 5.98. The molecule has 3 N–H and O–H groups in total. The van der Waals surface area contributed by atoms with Gasteiger partial charge >= 0.3 is 5.69 Å². The molecule has 4 rings (SSSR count). The van der Waals surface area contributed by atoms with Crippen LogP contribution in [0.2, 0.25) is 0 Å². The van der Waals surface area contributed by atoms with Crippen molar-refractivity contribution in [3.63, 3.8) is 0 Å². The Morgan fingerprint density at radius 1 is 1.19 bits per heavy atom. The van der Waals surface area contributed by atoms with Crippen molar-refractivity contribution >= 4 is 5.91 Å². The number of rotatable bonds is 5. The summed E-state index contributed by atoms with van der Waals surface area (Å²) in [4.78, 5) is 34.6. The molecule has 10 nitrogen and oxygen atoms in total. The summed E-state index contributed by atoms with van der Waals surface area (Å²) >= 11 is 0. The average Bonchev–Trinajstić information content (AvgIpc) is 3.15. The molecule has 1 amide bonds. The van der Waals surface area contributed by atoms with Crippen LogP contribution in [-0.2, 0) is 6.54 Å². The number of hydrogen-bond donors (Lipinski definition) is 3. The van der Waals surface area contributed by atoms with E-state index in [2.05, 4.69) is 20.2 Å². The van der Waals surface area contributed by atoms with Gasteiger partial charge in [-0.1, -0.05) is 12.1 Å². The number of phenolic OH excluding ortho intramolecular Hbond substituents is 2.